The van der Waals surface area contributed by atoms with Crippen LogP contribution in [0.3, 0.4) is 0 Å². The van der Waals surface area contributed by atoms with Crippen molar-refractivity contribution in [1.29, 1.82) is 0 Å². The number of halogens is 2. The van der Waals surface area contributed by atoms with Crippen LogP contribution in [0.25, 0.3) is 11.4 Å². The second-order valence-corrected chi connectivity index (χ2v) is 6.14. The predicted octanol–water partition coefficient (Wildman–Crippen LogP) is 3.62. The van der Waals surface area contributed by atoms with Gasteiger partial charge in [-0.15, -0.1) is 0 Å². The maximum Gasteiger partial charge on any atom is 0.254 e. The molecule has 2 heterocycles. The number of amides is 1. The van der Waals surface area contributed by atoms with Gasteiger partial charge in [0, 0.05) is 42.4 Å². The molecule has 0 fully saturated rings. The number of rotatable bonds is 2. The first-order valence-corrected chi connectivity index (χ1v) is 8.26. The second-order valence-electron chi connectivity index (χ2n) is 6.14. The fourth-order valence-corrected chi connectivity index (χ4v) is 3.03. The first kappa shape index (κ1) is 16.3. The minimum atomic E-state index is -1.02. The van der Waals surface area contributed by atoms with Gasteiger partial charge in [0.2, 0.25) is 0 Å². The molecule has 6 heteroatoms. The SMILES string of the molecule is O=C(c1ccc(F)c(F)c1)N1CCc2nc(-c3ccccc3)ncc2C1. The van der Waals surface area contributed by atoms with Gasteiger partial charge < -0.3 is 4.90 Å². The lowest BCUT2D eigenvalue weighted by Gasteiger charge is -2.28. The van der Waals surface area contributed by atoms with E-state index >= 15 is 0 Å². The molecule has 0 unspecified atom stereocenters. The molecule has 1 aromatic heterocycles. The van der Waals surface area contributed by atoms with Crippen molar-refractivity contribution in [3.63, 3.8) is 0 Å². The zero-order chi connectivity index (χ0) is 18.1. The van der Waals surface area contributed by atoms with Crippen LogP contribution in [-0.2, 0) is 13.0 Å². The third-order valence-electron chi connectivity index (χ3n) is 4.42. The first-order valence-electron chi connectivity index (χ1n) is 8.26. The summed E-state index contributed by atoms with van der Waals surface area (Å²) in [4.78, 5) is 23.2. The summed E-state index contributed by atoms with van der Waals surface area (Å²) in [5.74, 6) is -1.66. The zero-order valence-corrected chi connectivity index (χ0v) is 13.8. The molecule has 130 valence electrons. The standard InChI is InChI=1S/C20H15F2N3O/c21-16-7-6-14(10-17(16)22)20(26)25-9-8-18-15(12-25)11-23-19(24-18)13-4-2-1-3-5-13/h1-7,10-11H,8-9,12H2. The molecular formula is C20H15F2N3O. The smallest absolute Gasteiger partial charge is 0.254 e. The van der Waals surface area contributed by atoms with E-state index in [4.69, 9.17) is 0 Å². The minimum Gasteiger partial charge on any atom is -0.334 e. The summed E-state index contributed by atoms with van der Waals surface area (Å²) in [6.07, 6.45) is 2.32. The van der Waals surface area contributed by atoms with Gasteiger partial charge in [-0.1, -0.05) is 30.3 Å². The molecule has 0 saturated heterocycles. The summed E-state index contributed by atoms with van der Waals surface area (Å²) < 4.78 is 26.4. The normalized spacial score (nSPS) is 13.4. The lowest BCUT2D eigenvalue weighted by molar-refractivity contribution is 0.0732. The van der Waals surface area contributed by atoms with E-state index in [9.17, 15) is 13.6 Å². The lowest BCUT2D eigenvalue weighted by atomic mass is 10.1. The summed E-state index contributed by atoms with van der Waals surface area (Å²) in [7, 11) is 0. The Morgan fingerprint density at radius 3 is 2.62 bits per heavy atom. The molecule has 26 heavy (non-hydrogen) atoms. The summed E-state index contributed by atoms with van der Waals surface area (Å²) in [5.41, 5.74) is 2.85. The number of carbonyl (C=O) groups is 1. The highest BCUT2D eigenvalue weighted by atomic mass is 19.2. The second kappa shape index (κ2) is 6.63. The van der Waals surface area contributed by atoms with Crippen LogP contribution in [-0.4, -0.2) is 27.3 Å². The largest absolute Gasteiger partial charge is 0.334 e. The van der Waals surface area contributed by atoms with E-state index in [1.54, 1.807) is 11.1 Å². The van der Waals surface area contributed by atoms with E-state index in [0.717, 1.165) is 29.0 Å². The average molecular weight is 351 g/mol. The molecule has 1 amide bonds. The van der Waals surface area contributed by atoms with E-state index in [2.05, 4.69) is 9.97 Å². The molecule has 0 bridgehead atoms. The van der Waals surface area contributed by atoms with E-state index < -0.39 is 11.6 Å². The quantitative estimate of drug-likeness (QED) is 0.708. The Hall–Kier alpha value is -3.15. The molecule has 0 radical (unpaired) electrons. The molecule has 2 aromatic carbocycles. The van der Waals surface area contributed by atoms with Crippen LogP contribution in [0.2, 0.25) is 0 Å². The topological polar surface area (TPSA) is 46.1 Å². The van der Waals surface area contributed by atoms with Gasteiger partial charge in [0.15, 0.2) is 17.5 Å². The van der Waals surface area contributed by atoms with Crippen molar-refractivity contribution in [2.45, 2.75) is 13.0 Å². The van der Waals surface area contributed by atoms with Crippen molar-refractivity contribution in [2.75, 3.05) is 6.54 Å². The van der Waals surface area contributed by atoms with Crippen molar-refractivity contribution >= 4 is 5.91 Å². The zero-order valence-electron chi connectivity index (χ0n) is 13.8. The molecule has 4 nitrogen and oxygen atoms in total. The summed E-state index contributed by atoms with van der Waals surface area (Å²) >= 11 is 0. The van der Waals surface area contributed by atoms with Crippen molar-refractivity contribution < 1.29 is 13.6 Å². The molecular weight excluding hydrogens is 336 g/mol. The summed E-state index contributed by atoms with van der Waals surface area (Å²) in [6, 6.07) is 12.9. The third kappa shape index (κ3) is 3.06. The summed E-state index contributed by atoms with van der Waals surface area (Å²) in [5, 5.41) is 0. The van der Waals surface area contributed by atoms with Gasteiger partial charge in [-0.25, -0.2) is 18.7 Å². The Morgan fingerprint density at radius 1 is 1.04 bits per heavy atom. The van der Waals surface area contributed by atoms with Gasteiger partial charge in [0.05, 0.1) is 5.69 Å². The van der Waals surface area contributed by atoms with E-state index in [-0.39, 0.29) is 11.5 Å². The molecule has 1 aliphatic heterocycles. The van der Waals surface area contributed by atoms with Gasteiger partial charge in [-0.2, -0.15) is 0 Å². The maximum absolute atomic E-state index is 13.4. The minimum absolute atomic E-state index is 0.133. The van der Waals surface area contributed by atoms with Crippen LogP contribution in [0.5, 0.6) is 0 Å². The number of hydrogen-bond donors (Lipinski definition) is 0. The fraction of sp³-hybridized carbons (Fsp3) is 0.150. The van der Waals surface area contributed by atoms with E-state index in [1.807, 2.05) is 30.3 Å². The maximum atomic E-state index is 13.4. The fourth-order valence-electron chi connectivity index (χ4n) is 3.03. The predicted molar refractivity (Wildman–Crippen MR) is 92.3 cm³/mol. The third-order valence-corrected chi connectivity index (χ3v) is 4.42. The lowest BCUT2D eigenvalue weighted by Crippen LogP contribution is -2.36. The molecule has 0 aliphatic carbocycles. The van der Waals surface area contributed by atoms with Gasteiger partial charge in [0.25, 0.3) is 5.91 Å². The highest BCUT2D eigenvalue weighted by molar-refractivity contribution is 5.94. The number of carbonyl (C=O) groups excluding carboxylic acids is 1. The molecule has 1 aliphatic rings. The molecule has 4 rings (SSSR count). The van der Waals surface area contributed by atoms with Crippen LogP contribution in [0.1, 0.15) is 21.6 Å². The highest BCUT2D eigenvalue weighted by Crippen LogP contribution is 2.22. The molecule has 0 saturated carbocycles. The van der Waals surface area contributed by atoms with Crippen LogP contribution >= 0.6 is 0 Å². The van der Waals surface area contributed by atoms with E-state index in [1.165, 1.54) is 6.07 Å². The number of benzene rings is 2. The van der Waals surface area contributed by atoms with Gasteiger partial charge in [-0.05, 0) is 18.2 Å². The van der Waals surface area contributed by atoms with Crippen molar-refractivity contribution in [3.05, 3.63) is 83.2 Å². The monoisotopic (exact) mass is 351 g/mol. The number of aromatic nitrogens is 2. The molecule has 3 aromatic rings. The first-order chi connectivity index (χ1) is 12.6. The number of fused-ring (bicyclic) bond motifs is 1. The number of hydrogen-bond acceptors (Lipinski definition) is 3. The van der Waals surface area contributed by atoms with Gasteiger partial charge in [-0.3, -0.25) is 4.79 Å². The Labute approximate surface area is 149 Å². The highest BCUT2D eigenvalue weighted by Gasteiger charge is 2.24. The molecule has 0 spiro atoms. The van der Waals surface area contributed by atoms with Crippen molar-refractivity contribution in [1.82, 2.24) is 14.9 Å². The van der Waals surface area contributed by atoms with Crippen molar-refractivity contribution in [2.24, 2.45) is 0 Å². The Bertz CT molecular complexity index is 976. The van der Waals surface area contributed by atoms with Crippen LogP contribution < -0.4 is 0 Å². The van der Waals surface area contributed by atoms with Crippen LogP contribution in [0, 0.1) is 11.6 Å². The van der Waals surface area contributed by atoms with E-state index in [0.29, 0.717) is 25.3 Å². The Balaban J connectivity index is 1.56. The Morgan fingerprint density at radius 2 is 1.85 bits per heavy atom. The van der Waals surface area contributed by atoms with Gasteiger partial charge in [0.1, 0.15) is 0 Å². The number of nitrogens with zero attached hydrogens (tertiary/aromatic N) is 3. The molecule has 0 atom stereocenters. The van der Waals surface area contributed by atoms with Crippen LogP contribution in [0.15, 0.2) is 54.7 Å². The molecule has 0 N–H and O–H groups in total. The van der Waals surface area contributed by atoms with Gasteiger partial charge >= 0.3 is 0 Å². The Kier molecular flexibility index (Phi) is 4.16. The summed E-state index contributed by atoms with van der Waals surface area (Å²) in [6.45, 7) is 0.818. The van der Waals surface area contributed by atoms with Crippen LogP contribution in [0.4, 0.5) is 8.78 Å². The van der Waals surface area contributed by atoms with Crippen molar-refractivity contribution in [3.8, 4) is 11.4 Å². The average Bonchev–Trinajstić information content (AvgIpc) is 2.69.